The molecule has 1 aromatic rings. The maximum Gasteiger partial charge on any atom is 0.00578 e. The third kappa shape index (κ3) is 4.77. The molecular weight excluding hydrogens is 190 g/mol. The second kappa shape index (κ2) is 7.02. The molecule has 2 heteroatoms. The fraction of sp³-hybridized carbons (Fsp3) is 0.667. The van der Waals surface area contributed by atoms with Crippen molar-refractivity contribution in [1.82, 2.24) is 5.32 Å². The minimum absolute atomic E-state index is 0.676. The Morgan fingerprint density at radius 1 is 1.50 bits per heavy atom. The van der Waals surface area contributed by atoms with Crippen LogP contribution in [-0.2, 0) is 6.42 Å². The van der Waals surface area contributed by atoms with Crippen molar-refractivity contribution >= 4 is 11.3 Å². The van der Waals surface area contributed by atoms with Crippen molar-refractivity contribution in [3.63, 3.8) is 0 Å². The van der Waals surface area contributed by atoms with Crippen LogP contribution in [0.25, 0.3) is 0 Å². The van der Waals surface area contributed by atoms with Crippen molar-refractivity contribution in [1.29, 1.82) is 0 Å². The molecule has 0 aliphatic heterocycles. The SMILES string of the molecule is CCCCC(C)NCCc1cccs1. The third-order valence-electron chi connectivity index (χ3n) is 2.43. The van der Waals surface area contributed by atoms with E-state index in [0.717, 1.165) is 6.54 Å². The fourth-order valence-corrected chi connectivity index (χ4v) is 2.22. The molecular formula is C12H21NS. The van der Waals surface area contributed by atoms with Crippen molar-refractivity contribution < 1.29 is 0 Å². The van der Waals surface area contributed by atoms with Gasteiger partial charge in [-0.15, -0.1) is 11.3 Å². The molecule has 0 radical (unpaired) electrons. The molecule has 1 N–H and O–H groups in total. The number of hydrogen-bond acceptors (Lipinski definition) is 2. The quantitative estimate of drug-likeness (QED) is 0.728. The predicted molar refractivity (Wildman–Crippen MR) is 65.0 cm³/mol. The lowest BCUT2D eigenvalue weighted by molar-refractivity contribution is 0.499. The van der Waals surface area contributed by atoms with E-state index in [1.807, 2.05) is 11.3 Å². The molecule has 1 heterocycles. The number of thiophene rings is 1. The first kappa shape index (κ1) is 11.7. The topological polar surface area (TPSA) is 12.0 Å². The Bertz CT molecular complexity index is 218. The Balaban J connectivity index is 2.03. The summed E-state index contributed by atoms with van der Waals surface area (Å²) in [6.45, 7) is 5.65. The van der Waals surface area contributed by atoms with Gasteiger partial charge in [0.15, 0.2) is 0 Å². The number of nitrogens with one attached hydrogen (secondary N) is 1. The molecule has 0 saturated carbocycles. The highest BCUT2D eigenvalue weighted by molar-refractivity contribution is 7.09. The standard InChI is InChI=1S/C12H21NS/c1-3-4-6-11(2)13-9-8-12-7-5-10-14-12/h5,7,10-11,13H,3-4,6,8-9H2,1-2H3. The molecule has 1 atom stereocenters. The van der Waals surface area contributed by atoms with Gasteiger partial charge in [0.25, 0.3) is 0 Å². The van der Waals surface area contributed by atoms with Gasteiger partial charge < -0.3 is 5.32 Å². The summed E-state index contributed by atoms with van der Waals surface area (Å²) in [6, 6.07) is 5.01. The van der Waals surface area contributed by atoms with Crippen LogP contribution in [0.1, 0.15) is 38.0 Å². The molecule has 1 nitrogen and oxygen atoms in total. The summed E-state index contributed by atoms with van der Waals surface area (Å²) in [7, 11) is 0. The van der Waals surface area contributed by atoms with Crippen molar-refractivity contribution in [3.8, 4) is 0 Å². The zero-order valence-electron chi connectivity index (χ0n) is 9.25. The average Bonchev–Trinajstić information content (AvgIpc) is 2.67. The number of rotatable bonds is 7. The van der Waals surface area contributed by atoms with Crippen LogP contribution in [0.5, 0.6) is 0 Å². The number of unbranched alkanes of at least 4 members (excludes halogenated alkanes) is 1. The van der Waals surface area contributed by atoms with Crippen LogP contribution < -0.4 is 5.32 Å². The minimum atomic E-state index is 0.676. The lowest BCUT2D eigenvalue weighted by Crippen LogP contribution is -2.27. The molecule has 1 aromatic heterocycles. The zero-order chi connectivity index (χ0) is 10.2. The van der Waals surface area contributed by atoms with Gasteiger partial charge >= 0.3 is 0 Å². The number of hydrogen-bond donors (Lipinski definition) is 1. The van der Waals surface area contributed by atoms with Gasteiger partial charge in [-0.2, -0.15) is 0 Å². The first-order valence-electron chi connectivity index (χ1n) is 5.58. The molecule has 0 aliphatic carbocycles. The Hall–Kier alpha value is -0.340. The van der Waals surface area contributed by atoms with E-state index in [1.54, 1.807) is 0 Å². The maximum absolute atomic E-state index is 3.56. The molecule has 14 heavy (non-hydrogen) atoms. The average molecular weight is 211 g/mol. The first-order valence-corrected chi connectivity index (χ1v) is 6.46. The van der Waals surface area contributed by atoms with Crippen molar-refractivity contribution in [2.24, 2.45) is 0 Å². The molecule has 80 valence electrons. The molecule has 0 spiro atoms. The lowest BCUT2D eigenvalue weighted by Gasteiger charge is -2.12. The van der Waals surface area contributed by atoms with Crippen LogP contribution in [0.15, 0.2) is 17.5 Å². The molecule has 0 fully saturated rings. The van der Waals surface area contributed by atoms with Gasteiger partial charge in [-0.1, -0.05) is 25.8 Å². The van der Waals surface area contributed by atoms with Crippen LogP contribution in [0, 0.1) is 0 Å². The minimum Gasteiger partial charge on any atom is -0.314 e. The first-order chi connectivity index (χ1) is 6.83. The van der Waals surface area contributed by atoms with E-state index >= 15 is 0 Å². The van der Waals surface area contributed by atoms with E-state index in [2.05, 4.69) is 36.7 Å². The van der Waals surface area contributed by atoms with Crippen LogP contribution in [0.2, 0.25) is 0 Å². The normalized spacial score (nSPS) is 13.0. The molecule has 1 rings (SSSR count). The highest BCUT2D eigenvalue weighted by atomic mass is 32.1. The highest BCUT2D eigenvalue weighted by Crippen LogP contribution is 2.08. The van der Waals surface area contributed by atoms with E-state index in [4.69, 9.17) is 0 Å². The van der Waals surface area contributed by atoms with Gasteiger partial charge in [0.05, 0.1) is 0 Å². The summed E-state index contributed by atoms with van der Waals surface area (Å²) in [5, 5.41) is 5.71. The van der Waals surface area contributed by atoms with Crippen LogP contribution in [0.4, 0.5) is 0 Å². The van der Waals surface area contributed by atoms with E-state index in [1.165, 1.54) is 30.6 Å². The Morgan fingerprint density at radius 3 is 3.00 bits per heavy atom. The summed E-state index contributed by atoms with van der Waals surface area (Å²) in [5.41, 5.74) is 0. The Labute approximate surface area is 91.5 Å². The molecule has 0 bridgehead atoms. The molecule has 0 saturated heterocycles. The Morgan fingerprint density at radius 2 is 2.36 bits per heavy atom. The fourth-order valence-electron chi connectivity index (χ4n) is 1.51. The van der Waals surface area contributed by atoms with Gasteiger partial charge in [-0.3, -0.25) is 0 Å². The van der Waals surface area contributed by atoms with Crippen molar-refractivity contribution in [3.05, 3.63) is 22.4 Å². The summed E-state index contributed by atoms with van der Waals surface area (Å²) in [5.74, 6) is 0. The van der Waals surface area contributed by atoms with Gasteiger partial charge in [0, 0.05) is 17.5 Å². The van der Waals surface area contributed by atoms with Gasteiger partial charge in [0.1, 0.15) is 0 Å². The van der Waals surface area contributed by atoms with Gasteiger partial charge in [0.2, 0.25) is 0 Å². The molecule has 0 amide bonds. The van der Waals surface area contributed by atoms with E-state index in [9.17, 15) is 0 Å². The summed E-state index contributed by atoms with van der Waals surface area (Å²) < 4.78 is 0. The largest absolute Gasteiger partial charge is 0.314 e. The lowest BCUT2D eigenvalue weighted by atomic mass is 10.1. The smallest absolute Gasteiger partial charge is 0.00578 e. The van der Waals surface area contributed by atoms with Crippen molar-refractivity contribution in [2.75, 3.05) is 6.54 Å². The monoisotopic (exact) mass is 211 g/mol. The molecule has 0 aromatic carbocycles. The Kier molecular flexibility index (Phi) is 5.88. The summed E-state index contributed by atoms with van der Waals surface area (Å²) >= 11 is 1.85. The highest BCUT2D eigenvalue weighted by Gasteiger charge is 2.00. The third-order valence-corrected chi connectivity index (χ3v) is 3.37. The van der Waals surface area contributed by atoms with Gasteiger partial charge in [-0.05, 0) is 31.2 Å². The van der Waals surface area contributed by atoms with E-state index in [-0.39, 0.29) is 0 Å². The van der Waals surface area contributed by atoms with Crippen LogP contribution >= 0.6 is 11.3 Å². The second-order valence-corrected chi connectivity index (χ2v) is 4.86. The maximum atomic E-state index is 3.56. The second-order valence-electron chi connectivity index (χ2n) is 3.83. The van der Waals surface area contributed by atoms with E-state index in [0.29, 0.717) is 6.04 Å². The van der Waals surface area contributed by atoms with Crippen molar-refractivity contribution in [2.45, 2.75) is 45.6 Å². The van der Waals surface area contributed by atoms with Gasteiger partial charge in [-0.25, -0.2) is 0 Å². The predicted octanol–water partition coefficient (Wildman–Crippen LogP) is 3.46. The van der Waals surface area contributed by atoms with E-state index < -0.39 is 0 Å². The van der Waals surface area contributed by atoms with Crippen LogP contribution in [0.3, 0.4) is 0 Å². The summed E-state index contributed by atoms with van der Waals surface area (Å²) in [4.78, 5) is 1.49. The zero-order valence-corrected chi connectivity index (χ0v) is 10.1. The van der Waals surface area contributed by atoms with Crippen LogP contribution in [-0.4, -0.2) is 12.6 Å². The summed E-state index contributed by atoms with van der Waals surface area (Å²) in [6.07, 6.45) is 5.12. The molecule has 1 unspecified atom stereocenters. The molecule has 0 aliphatic rings.